The summed E-state index contributed by atoms with van der Waals surface area (Å²) in [5.41, 5.74) is 0. The van der Waals surface area contributed by atoms with Gasteiger partial charge in [0.15, 0.2) is 0 Å². The average Bonchev–Trinajstić information content (AvgIpc) is 2.75. The van der Waals surface area contributed by atoms with Crippen LogP contribution >= 0.6 is 0 Å². The van der Waals surface area contributed by atoms with Gasteiger partial charge in [0.1, 0.15) is 0 Å². The number of carbonyl (C=O) groups excluding carboxylic acids is 2. The van der Waals surface area contributed by atoms with Crippen LogP contribution in [0.3, 0.4) is 0 Å². The van der Waals surface area contributed by atoms with Crippen LogP contribution in [0.1, 0.15) is 12.8 Å². The molecule has 31 heteroatoms. The van der Waals surface area contributed by atoms with Gasteiger partial charge in [-0.3, -0.25) is 0 Å². The number of hydrogen-bond acceptors (Lipinski definition) is 4. The zero-order chi connectivity index (χ0) is 38.6. The number of hydrogen-bond donors (Lipinski definition) is 0. The molecule has 0 aromatic carbocycles. The first-order valence-electron chi connectivity index (χ1n) is 9.64. The molecule has 0 rings (SSSR count). The molecule has 0 unspecified atom stereocenters. The fourth-order valence-corrected chi connectivity index (χ4v) is 2.19. The van der Waals surface area contributed by atoms with Gasteiger partial charge in [-0.05, 0) is 0 Å². The van der Waals surface area contributed by atoms with Gasteiger partial charge in [0, 0.05) is 11.9 Å². The SMILES string of the molecule is O=C([O-])CC(F)(F)C(F)(F)C(F)(F)C(F)(F)C(F)(F)C(F)(F)F.O=C([O-])CC(F)(F)C(F)(F)C(F)(F)C(F)(F)C(F)(F)C(F)(F)F.[Zn+2]. The van der Waals surface area contributed by atoms with Gasteiger partial charge >= 0.3 is 91.1 Å². The van der Waals surface area contributed by atoms with Gasteiger partial charge in [0.25, 0.3) is 0 Å². The van der Waals surface area contributed by atoms with Crippen molar-refractivity contribution in [3.8, 4) is 0 Å². The maximum atomic E-state index is 12.8. The number of rotatable bonds is 12. The molecular weight excluding hydrogens is 816 g/mol. The van der Waals surface area contributed by atoms with Crippen molar-refractivity contribution in [3.63, 3.8) is 0 Å². The summed E-state index contributed by atoms with van der Waals surface area (Å²) < 4.78 is 323. The van der Waals surface area contributed by atoms with E-state index >= 15 is 0 Å². The fraction of sp³-hybridized carbons (Fsp3) is 0.875. The predicted octanol–water partition coefficient (Wildman–Crippen LogP) is 5.73. The molecule has 0 N–H and O–H groups in total. The van der Waals surface area contributed by atoms with Crippen molar-refractivity contribution in [1.29, 1.82) is 0 Å². The summed E-state index contributed by atoms with van der Waals surface area (Å²) in [7, 11) is 0. The van der Waals surface area contributed by atoms with E-state index in [4.69, 9.17) is 0 Å². The van der Waals surface area contributed by atoms with Crippen molar-refractivity contribution < 1.29 is 153 Å². The summed E-state index contributed by atoms with van der Waals surface area (Å²) in [6, 6.07) is 0. The third kappa shape index (κ3) is 7.98. The van der Waals surface area contributed by atoms with Crippen molar-refractivity contribution in [3.05, 3.63) is 0 Å². The molecule has 0 aliphatic heterocycles. The number of aliphatic carboxylic acids is 2. The van der Waals surface area contributed by atoms with Crippen LogP contribution in [0.25, 0.3) is 0 Å². The molecule has 0 aliphatic carbocycles. The van der Waals surface area contributed by atoms with Gasteiger partial charge < -0.3 is 19.8 Å². The standard InChI is InChI=1S/2C8H3F13O2.Zn/c2*9-3(10,1-2(22)23)4(11,12)5(13,14)6(15,16)7(17,18)8(19,20)21;/h2*1H2,(H,22,23);/q;;+2/p-2. The first kappa shape index (κ1) is 49.1. The second kappa shape index (κ2) is 13.2. The number of carboxylic acid groups (broad SMARTS) is 2. The molecule has 0 saturated heterocycles. The normalized spacial score (nSPS) is 15.4. The molecule has 0 saturated carbocycles. The first-order valence-corrected chi connectivity index (χ1v) is 9.64. The molecule has 0 fully saturated rings. The Hall–Kier alpha value is -2.26. The summed E-state index contributed by atoms with van der Waals surface area (Å²) in [6.07, 6.45) is -21.7. The molecule has 0 aromatic heterocycles. The van der Waals surface area contributed by atoms with Gasteiger partial charge in [0.2, 0.25) is 0 Å². The van der Waals surface area contributed by atoms with E-state index in [2.05, 4.69) is 0 Å². The van der Waals surface area contributed by atoms with Crippen molar-refractivity contribution in [1.82, 2.24) is 0 Å². The van der Waals surface area contributed by atoms with Gasteiger partial charge in [-0.2, -0.15) is 114 Å². The molecule has 0 aliphatic rings. The summed E-state index contributed by atoms with van der Waals surface area (Å²) in [4.78, 5) is 19.4. The second-order valence-electron chi connectivity index (χ2n) is 8.10. The quantitative estimate of drug-likeness (QED) is 0.186. The van der Waals surface area contributed by atoms with E-state index in [1.165, 1.54) is 0 Å². The number of carbonyl (C=O) groups is 2. The van der Waals surface area contributed by atoms with Crippen LogP contribution in [-0.2, 0) is 29.1 Å². The molecule has 0 spiro atoms. The van der Waals surface area contributed by atoms with Gasteiger partial charge in [-0.15, -0.1) is 0 Å². The number of alkyl halides is 26. The molecule has 0 bridgehead atoms. The van der Waals surface area contributed by atoms with Crippen LogP contribution in [-0.4, -0.2) is 83.5 Å². The fourth-order valence-electron chi connectivity index (χ4n) is 2.19. The monoisotopic (exact) mass is 818 g/mol. The number of halogens is 26. The molecule has 47 heavy (non-hydrogen) atoms. The zero-order valence-corrected chi connectivity index (χ0v) is 23.5. The summed E-state index contributed by atoms with van der Waals surface area (Å²) in [5.74, 6) is -82.5. The van der Waals surface area contributed by atoms with E-state index < -0.39 is 96.4 Å². The van der Waals surface area contributed by atoms with Gasteiger partial charge in [0.05, 0.1) is 12.8 Å². The minimum absolute atomic E-state index is 0. The van der Waals surface area contributed by atoms with Crippen LogP contribution < -0.4 is 10.2 Å². The molecule has 0 amide bonds. The summed E-state index contributed by atoms with van der Waals surface area (Å²) in [6.45, 7) is 0. The molecule has 0 aromatic rings. The molecule has 0 radical (unpaired) electrons. The molecular formula is C16H4F26O4Zn. The summed E-state index contributed by atoms with van der Waals surface area (Å²) >= 11 is 0. The molecule has 0 heterocycles. The minimum Gasteiger partial charge on any atom is -0.550 e. The van der Waals surface area contributed by atoms with Crippen molar-refractivity contribution in [2.45, 2.75) is 84.4 Å². The van der Waals surface area contributed by atoms with E-state index in [1.54, 1.807) is 0 Å². The van der Waals surface area contributed by atoms with Gasteiger partial charge in [-0.1, -0.05) is 0 Å². The Bertz CT molecular complexity index is 1020. The Balaban J connectivity index is -0.000000807. The van der Waals surface area contributed by atoms with E-state index in [0.717, 1.165) is 0 Å². The predicted molar refractivity (Wildman–Crippen MR) is 80.8 cm³/mol. The largest absolute Gasteiger partial charge is 2.00 e. The zero-order valence-electron chi connectivity index (χ0n) is 20.6. The van der Waals surface area contributed by atoms with Crippen LogP contribution in [0.15, 0.2) is 0 Å². The maximum Gasteiger partial charge on any atom is 2.00 e. The Labute approximate surface area is 250 Å². The Morgan fingerprint density at radius 1 is 0.319 bits per heavy atom. The van der Waals surface area contributed by atoms with Crippen LogP contribution in [0.2, 0.25) is 0 Å². The topological polar surface area (TPSA) is 80.3 Å². The maximum absolute atomic E-state index is 12.8. The van der Waals surface area contributed by atoms with Crippen LogP contribution in [0.5, 0.6) is 0 Å². The van der Waals surface area contributed by atoms with Crippen molar-refractivity contribution in [2.75, 3.05) is 0 Å². The number of carboxylic acids is 2. The van der Waals surface area contributed by atoms with E-state index in [1.807, 2.05) is 0 Å². The first-order chi connectivity index (χ1) is 19.3. The van der Waals surface area contributed by atoms with E-state index in [-0.39, 0.29) is 19.5 Å². The average molecular weight is 820 g/mol. The molecule has 4 nitrogen and oxygen atoms in total. The van der Waals surface area contributed by atoms with Crippen molar-refractivity contribution >= 4 is 11.9 Å². The van der Waals surface area contributed by atoms with Crippen LogP contribution in [0.4, 0.5) is 114 Å². The minimum atomic E-state index is -8.03. The molecule has 0 atom stereocenters. The second-order valence-corrected chi connectivity index (χ2v) is 8.10. The van der Waals surface area contributed by atoms with Crippen molar-refractivity contribution in [2.24, 2.45) is 0 Å². The Morgan fingerprint density at radius 3 is 0.596 bits per heavy atom. The van der Waals surface area contributed by atoms with Crippen LogP contribution in [0, 0.1) is 0 Å². The third-order valence-corrected chi connectivity index (χ3v) is 4.73. The molecule has 276 valence electrons. The summed E-state index contributed by atoms with van der Waals surface area (Å²) in [5, 5.41) is 19.4. The smallest absolute Gasteiger partial charge is 0.550 e. The van der Waals surface area contributed by atoms with E-state index in [0.29, 0.717) is 0 Å². The Morgan fingerprint density at radius 2 is 0.468 bits per heavy atom. The third-order valence-electron chi connectivity index (χ3n) is 4.73. The van der Waals surface area contributed by atoms with Gasteiger partial charge in [-0.25, -0.2) is 0 Å². The Kier molecular flexibility index (Phi) is 13.8. The van der Waals surface area contributed by atoms with E-state index in [9.17, 15) is 134 Å².